The van der Waals surface area contributed by atoms with Gasteiger partial charge >= 0.3 is 0 Å². The summed E-state index contributed by atoms with van der Waals surface area (Å²) in [6, 6.07) is 15.0. The Balaban J connectivity index is 1.87. The van der Waals surface area contributed by atoms with E-state index in [4.69, 9.17) is 16.0 Å². The Labute approximate surface area is 171 Å². The first-order valence-corrected chi connectivity index (χ1v) is 9.19. The smallest absolute Gasteiger partial charge is 0.296 e. The molecular weight excluding hydrogens is 394 g/mol. The number of halogens is 1. The van der Waals surface area contributed by atoms with Crippen LogP contribution < -0.4 is 0 Å². The number of furan rings is 1. The van der Waals surface area contributed by atoms with Crippen LogP contribution in [0.15, 0.2) is 76.9 Å². The van der Waals surface area contributed by atoms with E-state index in [-0.39, 0.29) is 23.6 Å². The number of nitrogens with zero attached hydrogens (tertiary/aromatic N) is 1. The predicted molar refractivity (Wildman–Crippen MR) is 106 cm³/mol. The van der Waals surface area contributed by atoms with Crippen molar-refractivity contribution < 1.29 is 24.2 Å². The van der Waals surface area contributed by atoms with Crippen molar-refractivity contribution >= 4 is 29.1 Å². The second-order valence-corrected chi connectivity index (χ2v) is 7.04. The number of amides is 1. The van der Waals surface area contributed by atoms with Gasteiger partial charge in [-0.05, 0) is 54.1 Å². The fourth-order valence-corrected chi connectivity index (χ4v) is 3.54. The highest BCUT2D eigenvalue weighted by Gasteiger charge is 2.46. The Hall–Kier alpha value is -3.51. The fraction of sp³-hybridized carbons (Fsp3) is 0.0909. The molecule has 1 atom stereocenters. The largest absolute Gasteiger partial charge is 0.508 e. The van der Waals surface area contributed by atoms with E-state index in [0.29, 0.717) is 21.9 Å². The predicted octanol–water partition coefficient (Wildman–Crippen LogP) is 4.26. The second-order valence-electron chi connectivity index (χ2n) is 6.61. The van der Waals surface area contributed by atoms with Crippen LogP contribution >= 0.6 is 11.6 Å². The minimum Gasteiger partial charge on any atom is -0.508 e. The maximum atomic E-state index is 12.9. The minimum atomic E-state index is -0.886. The topological polar surface area (TPSA) is 91.0 Å². The molecule has 0 saturated carbocycles. The number of carbonyl (C=O) groups excluding carboxylic acids is 2. The molecule has 6 nitrogen and oxygen atoms in total. The molecule has 1 aliphatic heterocycles. The van der Waals surface area contributed by atoms with Crippen molar-refractivity contribution in [2.45, 2.75) is 12.6 Å². The van der Waals surface area contributed by atoms with Crippen molar-refractivity contribution in [1.29, 1.82) is 0 Å². The van der Waals surface area contributed by atoms with Crippen molar-refractivity contribution in [3.05, 3.63) is 94.4 Å². The molecule has 1 amide bonds. The summed E-state index contributed by atoms with van der Waals surface area (Å²) >= 11 is 5.91. The van der Waals surface area contributed by atoms with Gasteiger partial charge < -0.3 is 19.5 Å². The summed E-state index contributed by atoms with van der Waals surface area (Å²) < 4.78 is 5.33. The van der Waals surface area contributed by atoms with E-state index in [2.05, 4.69) is 0 Å². The van der Waals surface area contributed by atoms with E-state index in [9.17, 15) is 19.8 Å². The van der Waals surface area contributed by atoms with Crippen molar-refractivity contribution in [3.8, 4) is 5.75 Å². The van der Waals surface area contributed by atoms with Crippen LogP contribution in [-0.2, 0) is 16.1 Å². The molecule has 0 aliphatic carbocycles. The molecule has 2 heterocycles. The zero-order chi connectivity index (χ0) is 20.5. The van der Waals surface area contributed by atoms with Crippen LogP contribution in [-0.4, -0.2) is 26.8 Å². The molecule has 1 unspecified atom stereocenters. The van der Waals surface area contributed by atoms with Gasteiger partial charge in [-0.3, -0.25) is 9.59 Å². The lowest BCUT2D eigenvalue weighted by atomic mass is 9.95. The molecule has 29 heavy (non-hydrogen) atoms. The summed E-state index contributed by atoms with van der Waals surface area (Å²) in [7, 11) is 0. The van der Waals surface area contributed by atoms with E-state index >= 15 is 0 Å². The van der Waals surface area contributed by atoms with Gasteiger partial charge in [-0.2, -0.15) is 0 Å². The third-order valence-corrected chi connectivity index (χ3v) is 5.00. The number of aromatic hydroxyl groups is 1. The molecule has 1 aromatic heterocycles. The number of aliphatic hydroxyl groups excluding tert-OH is 1. The van der Waals surface area contributed by atoms with Gasteiger partial charge in [0.25, 0.3) is 11.7 Å². The first-order chi connectivity index (χ1) is 14.0. The number of benzene rings is 2. The van der Waals surface area contributed by atoms with Crippen LogP contribution in [0.4, 0.5) is 0 Å². The van der Waals surface area contributed by atoms with E-state index < -0.39 is 17.7 Å². The molecule has 1 fully saturated rings. The number of phenols is 1. The van der Waals surface area contributed by atoms with Gasteiger partial charge in [0.05, 0.1) is 24.4 Å². The summed E-state index contributed by atoms with van der Waals surface area (Å²) in [4.78, 5) is 27.0. The number of likely N-dealkylation sites (tertiary alicyclic amines) is 1. The number of phenolic OH excluding ortho intramolecular Hbond substituents is 1. The molecule has 1 aliphatic rings. The van der Waals surface area contributed by atoms with E-state index in [1.54, 1.807) is 48.5 Å². The minimum absolute atomic E-state index is 0.0161. The highest BCUT2D eigenvalue weighted by Crippen LogP contribution is 2.41. The highest BCUT2D eigenvalue weighted by molar-refractivity contribution is 6.46. The van der Waals surface area contributed by atoms with Crippen LogP contribution in [0.5, 0.6) is 5.75 Å². The molecule has 0 bridgehead atoms. The van der Waals surface area contributed by atoms with Gasteiger partial charge in [0.2, 0.25) is 0 Å². The average Bonchev–Trinajstić information content (AvgIpc) is 3.30. The Morgan fingerprint density at radius 1 is 1.07 bits per heavy atom. The zero-order valence-electron chi connectivity index (χ0n) is 15.1. The number of ketones is 1. The highest BCUT2D eigenvalue weighted by atomic mass is 35.5. The standard InChI is InChI=1S/C22H16ClNO5/c23-15-8-6-13(7-9-15)20(26)18-19(14-3-1-4-16(25)11-14)24(22(28)21(18)27)12-17-5-2-10-29-17/h1-11,19,25-26H,12H2/b20-18-. The van der Waals surface area contributed by atoms with Crippen LogP contribution in [0, 0.1) is 0 Å². The molecule has 146 valence electrons. The number of hydrogen-bond donors (Lipinski definition) is 2. The molecule has 4 rings (SSSR count). The first-order valence-electron chi connectivity index (χ1n) is 8.81. The lowest BCUT2D eigenvalue weighted by Crippen LogP contribution is -2.29. The molecule has 1 saturated heterocycles. The van der Waals surface area contributed by atoms with Crippen LogP contribution in [0.3, 0.4) is 0 Å². The second kappa shape index (κ2) is 7.48. The summed E-state index contributed by atoms with van der Waals surface area (Å²) in [6.07, 6.45) is 1.48. The van der Waals surface area contributed by atoms with Gasteiger partial charge in [0.15, 0.2) is 0 Å². The van der Waals surface area contributed by atoms with Crippen molar-refractivity contribution in [3.63, 3.8) is 0 Å². The molecular formula is C22H16ClNO5. The Kier molecular flexibility index (Phi) is 4.86. The molecule has 0 radical (unpaired) electrons. The van der Waals surface area contributed by atoms with E-state index in [0.717, 1.165) is 0 Å². The fourth-order valence-electron chi connectivity index (χ4n) is 3.42. The molecule has 7 heteroatoms. The molecule has 3 aromatic rings. The third-order valence-electron chi connectivity index (χ3n) is 4.75. The Morgan fingerprint density at radius 3 is 2.48 bits per heavy atom. The van der Waals surface area contributed by atoms with Crippen molar-refractivity contribution in [2.75, 3.05) is 0 Å². The van der Waals surface area contributed by atoms with Gasteiger partial charge in [-0.1, -0.05) is 23.7 Å². The first kappa shape index (κ1) is 18.8. The third kappa shape index (κ3) is 3.50. The summed E-state index contributed by atoms with van der Waals surface area (Å²) in [6.45, 7) is 0.0370. The number of carbonyl (C=O) groups is 2. The molecule has 0 spiro atoms. The quantitative estimate of drug-likeness (QED) is 0.381. The Morgan fingerprint density at radius 2 is 1.83 bits per heavy atom. The van der Waals surface area contributed by atoms with Gasteiger partial charge in [-0.15, -0.1) is 0 Å². The summed E-state index contributed by atoms with van der Waals surface area (Å²) in [5.74, 6) is -1.40. The van der Waals surface area contributed by atoms with Crippen LogP contribution in [0.25, 0.3) is 5.76 Å². The number of rotatable bonds is 4. The number of aliphatic hydroxyl groups is 1. The lowest BCUT2D eigenvalue weighted by molar-refractivity contribution is -0.140. The Bertz CT molecular complexity index is 1100. The van der Waals surface area contributed by atoms with E-state index in [1.807, 2.05) is 0 Å². The number of Topliss-reactive ketones (excluding diaryl/α,β-unsaturated/α-hetero) is 1. The maximum Gasteiger partial charge on any atom is 0.296 e. The normalized spacial score (nSPS) is 18.4. The summed E-state index contributed by atoms with van der Waals surface area (Å²) in [5, 5.41) is 21.3. The SMILES string of the molecule is O=C1C(=O)N(Cc2ccco2)C(c2cccc(O)c2)/C1=C(/O)c1ccc(Cl)cc1. The summed E-state index contributed by atoms with van der Waals surface area (Å²) in [5.41, 5.74) is 0.788. The van der Waals surface area contributed by atoms with Crippen molar-refractivity contribution in [1.82, 2.24) is 4.90 Å². The zero-order valence-corrected chi connectivity index (χ0v) is 15.8. The van der Waals surface area contributed by atoms with E-state index in [1.165, 1.54) is 23.3 Å². The monoisotopic (exact) mass is 409 g/mol. The van der Waals surface area contributed by atoms with Gasteiger partial charge in [0, 0.05) is 10.6 Å². The van der Waals surface area contributed by atoms with Gasteiger partial charge in [-0.25, -0.2) is 0 Å². The van der Waals surface area contributed by atoms with Gasteiger partial charge in [0.1, 0.15) is 17.3 Å². The van der Waals surface area contributed by atoms with Crippen LogP contribution in [0.1, 0.15) is 22.9 Å². The average molecular weight is 410 g/mol. The number of hydrogen-bond acceptors (Lipinski definition) is 5. The molecule has 2 N–H and O–H groups in total. The van der Waals surface area contributed by atoms with Crippen LogP contribution in [0.2, 0.25) is 5.02 Å². The maximum absolute atomic E-state index is 12.9. The lowest BCUT2D eigenvalue weighted by Gasteiger charge is -2.24. The van der Waals surface area contributed by atoms with Crippen molar-refractivity contribution in [2.24, 2.45) is 0 Å². The molecule has 2 aromatic carbocycles.